The Kier molecular flexibility index (Phi) is 5.69. The summed E-state index contributed by atoms with van der Waals surface area (Å²) in [7, 11) is 0. The van der Waals surface area contributed by atoms with Gasteiger partial charge in [0.2, 0.25) is 5.88 Å². The highest BCUT2D eigenvalue weighted by atomic mass is 35.5. The Bertz CT molecular complexity index is 912. The molecule has 0 atom stereocenters. The van der Waals surface area contributed by atoms with Crippen molar-refractivity contribution >= 4 is 17.4 Å². The van der Waals surface area contributed by atoms with Crippen LogP contribution < -0.4 is 9.64 Å². The van der Waals surface area contributed by atoms with Crippen molar-refractivity contribution in [3.05, 3.63) is 77.3 Å². The van der Waals surface area contributed by atoms with E-state index in [1.54, 1.807) is 24.3 Å². The van der Waals surface area contributed by atoms with Crippen LogP contribution in [0, 0.1) is 5.82 Å². The summed E-state index contributed by atoms with van der Waals surface area (Å²) in [6, 6.07) is 15.7. The lowest BCUT2D eigenvalue weighted by molar-refractivity contribution is 0.249. The van der Waals surface area contributed by atoms with Gasteiger partial charge in [-0.1, -0.05) is 23.7 Å². The van der Waals surface area contributed by atoms with E-state index in [9.17, 15) is 4.39 Å². The normalized spacial score (nSPS) is 14.9. The van der Waals surface area contributed by atoms with Gasteiger partial charge < -0.3 is 9.64 Å². The molecule has 0 spiro atoms. The van der Waals surface area contributed by atoms with Gasteiger partial charge in [-0.05, 0) is 42.0 Å². The van der Waals surface area contributed by atoms with Gasteiger partial charge in [0.1, 0.15) is 23.7 Å². The van der Waals surface area contributed by atoms with E-state index < -0.39 is 0 Å². The number of nitrogens with zero attached hydrogens (tertiary/aromatic N) is 4. The van der Waals surface area contributed by atoms with Crippen LogP contribution in [0.4, 0.5) is 10.2 Å². The number of aromatic nitrogens is 2. The minimum absolute atomic E-state index is 0.200. The Labute approximate surface area is 168 Å². The summed E-state index contributed by atoms with van der Waals surface area (Å²) in [6.07, 6.45) is 1.52. The maximum absolute atomic E-state index is 13.0. The molecule has 0 unspecified atom stereocenters. The third kappa shape index (κ3) is 4.77. The summed E-state index contributed by atoms with van der Waals surface area (Å²) >= 11 is 5.90. The molecule has 1 aliphatic rings. The topological polar surface area (TPSA) is 41.5 Å². The van der Waals surface area contributed by atoms with Gasteiger partial charge in [-0.3, -0.25) is 4.90 Å². The second-order valence-electron chi connectivity index (χ2n) is 6.66. The summed E-state index contributed by atoms with van der Waals surface area (Å²) < 4.78 is 18.8. The molecule has 144 valence electrons. The molecule has 1 fully saturated rings. The molecule has 1 saturated heterocycles. The van der Waals surface area contributed by atoms with Crippen molar-refractivity contribution in [2.75, 3.05) is 31.1 Å². The third-order valence-electron chi connectivity index (χ3n) is 4.68. The first-order chi connectivity index (χ1) is 13.7. The van der Waals surface area contributed by atoms with Crippen LogP contribution in [0.1, 0.15) is 5.56 Å². The molecule has 1 aliphatic heterocycles. The van der Waals surface area contributed by atoms with E-state index in [0.29, 0.717) is 16.7 Å². The second-order valence-corrected chi connectivity index (χ2v) is 7.10. The average Bonchev–Trinajstić information content (AvgIpc) is 2.72. The van der Waals surface area contributed by atoms with Gasteiger partial charge in [0.05, 0.1) is 0 Å². The first kappa shape index (κ1) is 18.7. The second kappa shape index (κ2) is 8.54. The fourth-order valence-corrected chi connectivity index (χ4v) is 3.29. The number of benzene rings is 2. The first-order valence-electron chi connectivity index (χ1n) is 9.13. The predicted octanol–water partition coefficient (Wildman–Crippen LogP) is 4.38. The fourth-order valence-electron chi connectivity index (χ4n) is 3.17. The summed E-state index contributed by atoms with van der Waals surface area (Å²) in [5, 5.41) is 0.661. The van der Waals surface area contributed by atoms with E-state index >= 15 is 0 Å². The van der Waals surface area contributed by atoms with Crippen LogP contribution in [0.15, 0.2) is 60.9 Å². The van der Waals surface area contributed by atoms with Gasteiger partial charge in [-0.25, -0.2) is 14.4 Å². The minimum atomic E-state index is -0.200. The van der Waals surface area contributed by atoms with Crippen molar-refractivity contribution in [1.82, 2.24) is 14.9 Å². The molecule has 7 heteroatoms. The van der Waals surface area contributed by atoms with Crippen molar-refractivity contribution < 1.29 is 9.13 Å². The van der Waals surface area contributed by atoms with Gasteiger partial charge in [-0.2, -0.15) is 0 Å². The molecule has 1 aromatic heterocycles. The summed E-state index contributed by atoms with van der Waals surface area (Å²) in [5.74, 6) is 1.83. The number of hydrogen-bond donors (Lipinski definition) is 0. The first-order valence-corrected chi connectivity index (χ1v) is 9.51. The summed E-state index contributed by atoms with van der Waals surface area (Å²) in [4.78, 5) is 13.2. The van der Waals surface area contributed by atoms with Crippen LogP contribution in [-0.4, -0.2) is 41.0 Å². The van der Waals surface area contributed by atoms with Crippen LogP contribution in [0.2, 0.25) is 5.02 Å². The number of ether oxygens (including phenoxy) is 1. The summed E-state index contributed by atoms with van der Waals surface area (Å²) in [6.45, 7) is 4.36. The molecule has 0 bridgehead atoms. The van der Waals surface area contributed by atoms with Gasteiger partial charge in [0, 0.05) is 43.8 Å². The Morgan fingerprint density at radius 1 is 0.929 bits per heavy atom. The molecule has 0 aliphatic carbocycles. The fraction of sp³-hybridized carbons (Fsp3) is 0.238. The maximum Gasteiger partial charge on any atom is 0.224 e. The van der Waals surface area contributed by atoms with E-state index in [1.807, 2.05) is 18.2 Å². The van der Waals surface area contributed by atoms with Crippen molar-refractivity contribution in [2.45, 2.75) is 6.54 Å². The predicted molar refractivity (Wildman–Crippen MR) is 107 cm³/mol. The lowest BCUT2D eigenvalue weighted by Crippen LogP contribution is -2.46. The zero-order valence-electron chi connectivity index (χ0n) is 15.3. The minimum Gasteiger partial charge on any atom is -0.439 e. The number of hydrogen-bond acceptors (Lipinski definition) is 5. The lowest BCUT2D eigenvalue weighted by Gasteiger charge is -2.35. The molecular formula is C21H20ClFN4O. The lowest BCUT2D eigenvalue weighted by atomic mass is 10.2. The highest BCUT2D eigenvalue weighted by Crippen LogP contribution is 2.24. The summed E-state index contributed by atoms with van der Waals surface area (Å²) in [5.41, 5.74) is 1.12. The smallest absolute Gasteiger partial charge is 0.224 e. The largest absolute Gasteiger partial charge is 0.439 e. The zero-order valence-corrected chi connectivity index (χ0v) is 16.0. The monoisotopic (exact) mass is 398 g/mol. The molecule has 2 heterocycles. The Balaban J connectivity index is 1.35. The highest BCUT2D eigenvalue weighted by molar-refractivity contribution is 6.30. The maximum atomic E-state index is 13.0. The van der Waals surface area contributed by atoms with Gasteiger partial charge >= 0.3 is 0 Å². The quantitative estimate of drug-likeness (QED) is 0.637. The van der Waals surface area contributed by atoms with Crippen molar-refractivity contribution in [3.8, 4) is 11.6 Å². The van der Waals surface area contributed by atoms with Crippen molar-refractivity contribution in [3.63, 3.8) is 0 Å². The molecule has 0 radical (unpaired) electrons. The van der Waals surface area contributed by atoms with Gasteiger partial charge in [-0.15, -0.1) is 0 Å². The van der Waals surface area contributed by atoms with E-state index in [-0.39, 0.29) is 5.82 Å². The molecule has 2 aromatic carbocycles. The number of anilines is 1. The SMILES string of the molecule is Fc1ccc(CN2CCN(c3cc(Oc4ccc(Cl)cc4)ncn3)CC2)cc1. The number of piperazine rings is 1. The number of rotatable bonds is 5. The molecule has 0 amide bonds. The average molecular weight is 399 g/mol. The molecule has 3 aromatic rings. The molecule has 5 nitrogen and oxygen atoms in total. The van der Waals surface area contributed by atoms with Crippen LogP contribution in [-0.2, 0) is 6.54 Å². The Morgan fingerprint density at radius 2 is 1.64 bits per heavy atom. The molecule has 0 saturated carbocycles. The van der Waals surface area contributed by atoms with E-state index in [1.165, 1.54) is 18.5 Å². The van der Waals surface area contributed by atoms with E-state index in [2.05, 4.69) is 19.8 Å². The van der Waals surface area contributed by atoms with Crippen molar-refractivity contribution in [1.29, 1.82) is 0 Å². The van der Waals surface area contributed by atoms with Crippen LogP contribution in [0.25, 0.3) is 0 Å². The van der Waals surface area contributed by atoms with Crippen LogP contribution in [0.3, 0.4) is 0 Å². The molecule has 4 rings (SSSR count). The van der Waals surface area contributed by atoms with Gasteiger partial charge in [0.25, 0.3) is 0 Å². The van der Waals surface area contributed by atoms with E-state index in [4.69, 9.17) is 16.3 Å². The van der Waals surface area contributed by atoms with Crippen molar-refractivity contribution in [2.24, 2.45) is 0 Å². The standard InChI is InChI=1S/C21H20ClFN4O/c22-17-3-7-19(8-4-17)28-21-13-20(24-15-25-21)27-11-9-26(10-12-27)14-16-1-5-18(23)6-2-16/h1-8,13,15H,9-12,14H2. The third-order valence-corrected chi connectivity index (χ3v) is 4.93. The zero-order chi connectivity index (χ0) is 19.3. The Morgan fingerprint density at radius 3 is 2.36 bits per heavy atom. The molecule has 28 heavy (non-hydrogen) atoms. The number of halogens is 2. The Hall–Kier alpha value is -2.70. The van der Waals surface area contributed by atoms with Crippen LogP contribution in [0.5, 0.6) is 11.6 Å². The van der Waals surface area contributed by atoms with Gasteiger partial charge in [0.15, 0.2) is 0 Å². The van der Waals surface area contributed by atoms with E-state index in [0.717, 1.165) is 44.1 Å². The molecular weight excluding hydrogens is 379 g/mol. The van der Waals surface area contributed by atoms with Crippen LogP contribution >= 0.6 is 11.6 Å². The molecule has 0 N–H and O–H groups in total. The highest BCUT2D eigenvalue weighted by Gasteiger charge is 2.19.